The lowest BCUT2D eigenvalue weighted by Crippen LogP contribution is -2.40. The van der Waals surface area contributed by atoms with Gasteiger partial charge in [0, 0.05) is 41.9 Å². The second-order valence-corrected chi connectivity index (χ2v) is 13.2. The highest BCUT2D eigenvalue weighted by atomic mass is 79.9. The quantitative estimate of drug-likeness (QED) is 0.556. The van der Waals surface area contributed by atoms with Gasteiger partial charge in [0.1, 0.15) is 0 Å². The molecule has 12 heteroatoms. The summed E-state index contributed by atoms with van der Waals surface area (Å²) in [5.41, 5.74) is 0.451. The fourth-order valence-corrected chi connectivity index (χ4v) is 8.06. The van der Waals surface area contributed by atoms with Crippen LogP contribution in [0.15, 0.2) is 56.7 Å². The molecular formula is C23H28BrN3O6S2. The van der Waals surface area contributed by atoms with Gasteiger partial charge in [-0.3, -0.25) is 4.79 Å². The Kier molecular flexibility index (Phi) is 8.29. The Hall–Kier alpha value is -1.83. The molecule has 0 radical (unpaired) electrons. The van der Waals surface area contributed by atoms with Crippen molar-refractivity contribution >= 4 is 47.6 Å². The predicted molar refractivity (Wildman–Crippen MR) is 135 cm³/mol. The fourth-order valence-electron chi connectivity index (χ4n) is 4.14. The summed E-state index contributed by atoms with van der Waals surface area (Å²) in [6.45, 7) is 2.07. The molecule has 2 aromatic carbocycles. The lowest BCUT2D eigenvalue weighted by Gasteiger charge is -2.26. The monoisotopic (exact) mass is 585 g/mol. The van der Waals surface area contributed by atoms with E-state index in [2.05, 4.69) is 21.2 Å². The number of benzene rings is 2. The molecule has 1 N–H and O–H groups in total. The molecule has 9 nitrogen and oxygen atoms in total. The van der Waals surface area contributed by atoms with Gasteiger partial charge in [-0.25, -0.2) is 16.8 Å². The number of carbonyl (C=O) groups excluding carboxylic acids is 1. The van der Waals surface area contributed by atoms with Gasteiger partial charge < -0.3 is 10.1 Å². The van der Waals surface area contributed by atoms with Crippen LogP contribution in [0.2, 0.25) is 0 Å². The van der Waals surface area contributed by atoms with E-state index in [1.54, 1.807) is 12.1 Å². The van der Waals surface area contributed by atoms with Crippen LogP contribution >= 0.6 is 15.9 Å². The number of morpholine rings is 1. The number of nitrogens with one attached hydrogen (secondary N) is 1. The first-order valence-corrected chi connectivity index (χ1v) is 15.2. The molecule has 4 rings (SSSR count). The molecule has 0 unspecified atom stereocenters. The standard InChI is InChI=1S/C23H28BrN3O6S2/c24-21-9-8-18(16-22(21)35(31,32)27-12-14-33-15-13-27)23(28)25-19-6-5-7-20(17-19)34(29,30)26-10-3-1-2-4-11-26/h5-9,16-17H,1-4,10-15H2,(H,25,28). The number of amides is 1. The lowest BCUT2D eigenvalue weighted by molar-refractivity contribution is 0.0730. The summed E-state index contributed by atoms with van der Waals surface area (Å²) in [4.78, 5) is 13.1. The minimum Gasteiger partial charge on any atom is -0.379 e. The SMILES string of the molecule is O=C(Nc1cccc(S(=O)(=O)N2CCCCCC2)c1)c1ccc(Br)c(S(=O)(=O)N2CCOCC2)c1. The van der Waals surface area contributed by atoms with Gasteiger partial charge in [0.25, 0.3) is 5.91 Å². The van der Waals surface area contributed by atoms with E-state index >= 15 is 0 Å². The van der Waals surface area contributed by atoms with E-state index in [4.69, 9.17) is 4.74 Å². The van der Waals surface area contributed by atoms with Crippen molar-refractivity contribution in [1.29, 1.82) is 0 Å². The third kappa shape index (κ3) is 5.95. The van der Waals surface area contributed by atoms with E-state index in [0.29, 0.717) is 36.5 Å². The molecule has 0 aromatic heterocycles. The van der Waals surface area contributed by atoms with Crippen molar-refractivity contribution in [3.63, 3.8) is 0 Å². The van der Waals surface area contributed by atoms with Crippen molar-refractivity contribution in [2.45, 2.75) is 35.5 Å². The Morgan fingerprint density at radius 3 is 2.17 bits per heavy atom. The molecule has 0 bridgehead atoms. The van der Waals surface area contributed by atoms with Crippen molar-refractivity contribution in [2.75, 3.05) is 44.7 Å². The number of hydrogen-bond acceptors (Lipinski definition) is 6. The van der Waals surface area contributed by atoms with Crippen molar-refractivity contribution in [3.8, 4) is 0 Å². The first-order chi connectivity index (χ1) is 16.7. The summed E-state index contributed by atoms with van der Waals surface area (Å²) in [6.07, 6.45) is 3.68. The molecule has 35 heavy (non-hydrogen) atoms. The first-order valence-electron chi connectivity index (χ1n) is 11.5. The van der Waals surface area contributed by atoms with E-state index in [1.807, 2.05) is 0 Å². The summed E-state index contributed by atoms with van der Waals surface area (Å²) in [5, 5.41) is 2.70. The van der Waals surface area contributed by atoms with Gasteiger partial charge in [-0.05, 0) is 65.2 Å². The fraction of sp³-hybridized carbons (Fsp3) is 0.435. The van der Waals surface area contributed by atoms with Crippen molar-refractivity contribution in [1.82, 2.24) is 8.61 Å². The second kappa shape index (κ2) is 11.1. The van der Waals surface area contributed by atoms with E-state index < -0.39 is 26.0 Å². The van der Waals surface area contributed by atoms with Gasteiger partial charge in [-0.15, -0.1) is 0 Å². The Morgan fingerprint density at radius 2 is 1.49 bits per heavy atom. The highest BCUT2D eigenvalue weighted by Gasteiger charge is 2.29. The number of anilines is 1. The molecule has 2 heterocycles. The highest BCUT2D eigenvalue weighted by molar-refractivity contribution is 9.10. The number of carbonyl (C=O) groups is 1. The maximum absolute atomic E-state index is 13.1. The van der Waals surface area contributed by atoms with E-state index in [-0.39, 0.29) is 28.4 Å². The van der Waals surface area contributed by atoms with Crippen LogP contribution in [0.25, 0.3) is 0 Å². The zero-order chi connectivity index (χ0) is 25.1. The number of nitrogens with zero attached hydrogens (tertiary/aromatic N) is 2. The minimum absolute atomic E-state index is 0.00968. The van der Waals surface area contributed by atoms with Crippen LogP contribution in [0.3, 0.4) is 0 Å². The molecule has 1 amide bonds. The summed E-state index contributed by atoms with van der Waals surface area (Å²) in [5.74, 6) is -0.541. The van der Waals surface area contributed by atoms with Crippen molar-refractivity contribution < 1.29 is 26.4 Å². The van der Waals surface area contributed by atoms with Gasteiger partial charge in [-0.1, -0.05) is 18.9 Å². The summed E-state index contributed by atoms with van der Waals surface area (Å²) < 4.78 is 60.9. The van der Waals surface area contributed by atoms with E-state index in [0.717, 1.165) is 25.7 Å². The van der Waals surface area contributed by atoms with Crippen molar-refractivity contribution in [2.24, 2.45) is 0 Å². The topological polar surface area (TPSA) is 113 Å². The minimum atomic E-state index is -3.82. The second-order valence-electron chi connectivity index (χ2n) is 8.46. The van der Waals surface area contributed by atoms with Gasteiger partial charge in [-0.2, -0.15) is 8.61 Å². The van der Waals surface area contributed by atoms with Gasteiger partial charge in [0.2, 0.25) is 20.0 Å². The average molecular weight is 587 g/mol. The van der Waals surface area contributed by atoms with Crippen molar-refractivity contribution in [3.05, 3.63) is 52.5 Å². The van der Waals surface area contributed by atoms with Gasteiger partial charge in [0.05, 0.1) is 23.0 Å². The van der Waals surface area contributed by atoms with E-state index in [1.165, 1.54) is 38.9 Å². The number of sulfonamides is 2. The molecule has 0 saturated carbocycles. The Labute approximate surface area is 214 Å². The Bertz CT molecular complexity index is 1290. The van der Waals surface area contributed by atoms with Crippen LogP contribution in [0.4, 0.5) is 5.69 Å². The summed E-state index contributed by atoms with van der Waals surface area (Å²) in [7, 11) is -7.49. The highest BCUT2D eigenvalue weighted by Crippen LogP contribution is 2.28. The number of hydrogen-bond donors (Lipinski definition) is 1. The molecule has 2 aliphatic heterocycles. The molecule has 2 aliphatic rings. The summed E-state index contributed by atoms with van der Waals surface area (Å²) in [6, 6.07) is 10.5. The van der Waals surface area contributed by atoms with Crippen LogP contribution in [0.5, 0.6) is 0 Å². The third-order valence-corrected chi connectivity index (χ3v) is 10.9. The van der Waals surface area contributed by atoms with Crippen LogP contribution in [0, 0.1) is 0 Å². The maximum Gasteiger partial charge on any atom is 0.255 e. The van der Waals surface area contributed by atoms with Gasteiger partial charge >= 0.3 is 0 Å². The largest absolute Gasteiger partial charge is 0.379 e. The predicted octanol–water partition coefficient (Wildman–Crippen LogP) is 3.29. The number of rotatable bonds is 6. The third-order valence-electron chi connectivity index (χ3n) is 6.08. The lowest BCUT2D eigenvalue weighted by atomic mass is 10.2. The molecule has 190 valence electrons. The summed E-state index contributed by atoms with van der Waals surface area (Å²) >= 11 is 3.28. The molecule has 0 atom stereocenters. The Morgan fingerprint density at radius 1 is 0.829 bits per heavy atom. The normalized spacial score (nSPS) is 18.7. The number of ether oxygens (including phenoxy) is 1. The zero-order valence-electron chi connectivity index (χ0n) is 19.2. The van der Waals surface area contributed by atoms with Crippen LogP contribution in [-0.2, 0) is 24.8 Å². The zero-order valence-corrected chi connectivity index (χ0v) is 22.4. The molecule has 0 spiro atoms. The molecule has 2 aromatic rings. The molecule has 0 aliphatic carbocycles. The molecule has 2 saturated heterocycles. The number of halogens is 1. The van der Waals surface area contributed by atoms with E-state index in [9.17, 15) is 21.6 Å². The average Bonchev–Trinajstić information content (AvgIpc) is 3.15. The first kappa shape index (κ1) is 26.2. The van der Waals surface area contributed by atoms with Crippen LogP contribution < -0.4 is 5.32 Å². The van der Waals surface area contributed by atoms with Crippen LogP contribution in [-0.4, -0.2) is 70.7 Å². The smallest absolute Gasteiger partial charge is 0.255 e. The maximum atomic E-state index is 13.1. The van der Waals surface area contributed by atoms with Gasteiger partial charge in [0.15, 0.2) is 0 Å². The van der Waals surface area contributed by atoms with Crippen LogP contribution in [0.1, 0.15) is 36.0 Å². The molecular weight excluding hydrogens is 558 g/mol. The Balaban J connectivity index is 1.55. The molecule has 2 fully saturated rings.